The monoisotopic (exact) mass is 223 g/mol. The molecule has 1 aliphatic rings. The van der Waals surface area contributed by atoms with Gasteiger partial charge in [0.15, 0.2) is 0 Å². The van der Waals surface area contributed by atoms with Gasteiger partial charge >= 0.3 is 0 Å². The third-order valence-corrected chi connectivity index (χ3v) is 2.82. The van der Waals surface area contributed by atoms with E-state index < -0.39 is 0 Å². The number of rotatable bonds is 4. The van der Waals surface area contributed by atoms with E-state index in [1.54, 1.807) is 6.33 Å². The first kappa shape index (κ1) is 11.1. The lowest BCUT2D eigenvalue weighted by Crippen LogP contribution is -2.36. The Morgan fingerprint density at radius 2 is 2.25 bits per heavy atom. The molecule has 0 spiro atoms. The van der Waals surface area contributed by atoms with Crippen LogP contribution < -0.4 is 5.32 Å². The third kappa shape index (κ3) is 2.57. The first-order valence-electron chi connectivity index (χ1n) is 5.59. The number of nitrogens with one attached hydrogen (secondary N) is 1. The maximum Gasteiger partial charge on any atom is 0.236 e. The second kappa shape index (κ2) is 5.07. The van der Waals surface area contributed by atoms with E-state index in [2.05, 4.69) is 15.5 Å². The minimum absolute atomic E-state index is 0.180. The Morgan fingerprint density at radius 1 is 1.50 bits per heavy atom. The maximum atomic E-state index is 11.7. The Morgan fingerprint density at radius 3 is 2.88 bits per heavy atom. The predicted molar refractivity (Wildman–Crippen MR) is 58.5 cm³/mol. The number of amides is 1. The van der Waals surface area contributed by atoms with Crippen molar-refractivity contribution in [1.82, 2.24) is 25.0 Å². The number of carbonyl (C=O) groups excluding carboxylic acids is 1. The number of aryl methyl sites for hydroxylation is 1. The highest BCUT2D eigenvalue weighted by molar-refractivity contribution is 5.78. The molecule has 0 saturated carbocycles. The van der Waals surface area contributed by atoms with Crippen LogP contribution in [0.5, 0.6) is 0 Å². The summed E-state index contributed by atoms with van der Waals surface area (Å²) in [5.41, 5.74) is 0. The lowest BCUT2D eigenvalue weighted by atomic mass is 10.4. The summed E-state index contributed by atoms with van der Waals surface area (Å²) in [7, 11) is 1.89. The van der Waals surface area contributed by atoms with E-state index >= 15 is 0 Å². The van der Waals surface area contributed by atoms with Gasteiger partial charge in [0.2, 0.25) is 5.91 Å². The highest BCUT2D eigenvalue weighted by Gasteiger charge is 2.17. The topological polar surface area (TPSA) is 63.1 Å². The van der Waals surface area contributed by atoms with E-state index in [9.17, 15) is 4.79 Å². The smallest absolute Gasteiger partial charge is 0.236 e. The number of nitrogens with zero attached hydrogens (tertiary/aromatic N) is 4. The molecule has 2 heterocycles. The fourth-order valence-corrected chi connectivity index (χ4v) is 1.83. The van der Waals surface area contributed by atoms with Gasteiger partial charge in [-0.25, -0.2) is 0 Å². The summed E-state index contributed by atoms with van der Waals surface area (Å²) in [6.45, 7) is 2.78. The van der Waals surface area contributed by atoms with Crippen LogP contribution in [0.3, 0.4) is 0 Å². The molecule has 1 aliphatic heterocycles. The van der Waals surface area contributed by atoms with Gasteiger partial charge < -0.3 is 14.8 Å². The Kier molecular flexibility index (Phi) is 3.51. The zero-order valence-electron chi connectivity index (χ0n) is 9.52. The molecular formula is C10H17N5O. The van der Waals surface area contributed by atoms with E-state index in [-0.39, 0.29) is 5.91 Å². The number of hydrogen-bond acceptors (Lipinski definition) is 4. The summed E-state index contributed by atoms with van der Waals surface area (Å²) < 4.78 is 1.84. The molecule has 0 radical (unpaired) electrons. The molecule has 0 aromatic carbocycles. The normalized spacial score (nSPS) is 15.7. The molecule has 2 rings (SSSR count). The van der Waals surface area contributed by atoms with Gasteiger partial charge in [0.05, 0.1) is 13.1 Å². The molecule has 0 bridgehead atoms. The molecule has 88 valence electrons. The van der Waals surface area contributed by atoms with Gasteiger partial charge in [0, 0.05) is 20.1 Å². The molecule has 1 aromatic rings. The highest BCUT2D eigenvalue weighted by Crippen LogP contribution is 2.06. The molecule has 0 aliphatic carbocycles. The average Bonchev–Trinajstić information content (AvgIpc) is 2.90. The van der Waals surface area contributed by atoms with Gasteiger partial charge in [0.25, 0.3) is 0 Å². The zero-order valence-corrected chi connectivity index (χ0v) is 9.52. The van der Waals surface area contributed by atoms with Crippen molar-refractivity contribution in [3.05, 3.63) is 12.2 Å². The van der Waals surface area contributed by atoms with Crippen molar-refractivity contribution in [1.29, 1.82) is 0 Å². The van der Waals surface area contributed by atoms with Crippen molar-refractivity contribution in [3.63, 3.8) is 0 Å². The summed E-state index contributed by atoms with van der Waals surface area (Å²) in [4.78, 5) is 13.6. The molecule has 1 N–H and O–H groups in total. The molecule has 1 saturated heterocycles. The first-order chi connectivity index (χ1) is 7.77. The zero-order chi connectivity index (χ0) is 11.4. The van der Waals surface area contributed by atoms with Crippen LogP contribution in [0.25, 0.3) is 0 Å². The average molecular weight is 223 g/mol. The number of likely N-dealkylation sites (tertiary alicyclic amines) is 1. The Hall–Kier alpha value is -1.43. The van der Waals surface area contributed by atoms with Crippen molar-refractivity contribution >= 4 is 5.91 Å². The molecular weight excluding hydrogens is 206 g/mol. The van der Waals surface area contributed by atoms with E-state index in [1.807, 2.05) is 16.5 Å². The molecule has 1 fully saturated rings. The quantitative estimate of drug-likeness (QED) is 0.749. The second-order valence-corrected chi connectivity index (χ2v) is 4.05. The number of carbonyl (C=O) groups is 1. The van der Waals surface area contributed by atoms with Crippen LogP contribution in [-0.2, 0) is 18.4 Å². The molecule has 6 heteroatoms. The minimum atomic E-state index is 0.180. The van der Waals surface area contributed by atoms with Gasteiger partial charge in [-0.05, 0) is 12.8 Å². The summed E-state index contributed by atoms with van der Waals surface area (Å²) in [5, 5.41) is 10.8. The minimum Gasteiger partial charge on any atom is -0.342 e. The molecule has 0 unspecified atom stereocenters. The molecule has 16 heavy (non-hydrogen) atoms. The van der Waals surface area contributed by atoms with E-state index in [0.717, 1.165) is 31.8 Å². The van der Waals surface area contributed by atoms with Gasteiger partial charge in [-0.1, -0.05) is 0 Å². The number of hydrogen-bond donors (Lipinski definition) is 1. The molecule has 1 aromatic heterocycles. The van der Waals surface area contributed by atoms with Gasteiger partial charge in [-0.15, -0.1) is 10.2 Å². The van der Waals surface area contributed by atoms with Crippen molar-refractivity contribution in [2.75, 3.05) is 19.6 Å². The van der Waals surface area contributed by atoms with E-state index in [0.29, 0.717) is 13.1 Å². The van der Waals surface area contributed by atoms with Gasteiger partial charge in [-0.3, -0.25) is 4.79 Å². The summed E-state index contributed by atoms with van der Waals surface area (Å²) in [6.07, 6.45) is 3.92. The lowest BCUT2D eigenvalue weighted by molar-refractivity contribution is -0.129. The summed E-state index contributed by atoms with van der Waals surface area (Å²) in [5.74, 6) is 1.02. The van der Waals surface area contributed by atoms with Crippen molar-refractivity contribution < 1.29 is 4.79 Å². The lowest BCUT2D eigenvalue weighted by Gasteiger charge is -2.15. The largest absolute Gasteiger partial charge is 0.342 e. The molecule has 0 atom stereocenters. The van der Waals surface area contributed by atoms with Crippen molar-refractivity contribution in [2.45, 2.75) is 19.4 Å². The SMILES string of the molecule is Cn1cnnc1CNCC(=O)N1CCCC1. The molecule has 6 nitrogen and oxygen atoms in total. The van der Waals surface area contributed by atoms with Crippen LogP contribution in [0.4, 0.5) is 0 Å². The van der Waals surface area contributed by atoms with Gasteiger partial charge in [-0.2, -0.15) is 0 Å². The number of aromatic nitrogens is 3. The maximum absolute atomic E-state index is 11.7. The molecule has 1 amide bonds. The van der Waals surface area contributed by atoms with Crippen LogP contribution in [0.2, 0.25) is 0 Å². The fraction of sp³-hybridized carbons (Fsp3) is 0.700. The summed E-state index contributed by atoms with van der Waals surface area (Å²) >= 11 is 0. The second-order valence-electron chi connectivity index (χ2n) is 4.05. The highest BCUT2D eigenvalue weighted by atomic mass is 16.2. The Balaban J connectivity index is 1.71. The van der Waals surface area contributed by atoms with Crippen LogP contribution in [0.15, 0.2) is 6.33 Å². The Bertz CT molecular complexity index is 356. The fourth-order valence-electron chi connectivity index (χ4n) is 1.83. The van der Waals surface area contributed by atoms with Crippen LogP contribution in [-0.4, -0.2) is 45.2 Å². The van der Waals surface area contributed by atoms with Crippen LogP contribution >= 0.6 is 0 Å². The van der Waals surface area contributed by atoms with Crippen LogP contribution in [0, 0.1) is 0 Å². The predicted octanol–water partition coefficient (Wildman–Crippen LogP) is -0.473. The first-order valence-corrected chi connectivity index (χ1v) is 5.59. The van der Waals surface area contributed by atoms with Crippen LogP contribution in [0.1, 0.15) is 18.7 Å². The summed E-state index contributed by atoms with van der Waals surface area (Å²) in [6, 6.07) is 0. The Labute approximate surface area is 94.6 Å². The van der Waals surface area contributed by atoms with Gasteiger partial charge in [0.1, 0.15) is 12.2 Å². The van der Waals surface area contributed by atoms with E-state index in [1.165, 1.54) is 0 Å². The standard InChI is InChI=1S/C10H17N5O/c1-14-8-12-13-9(14)6-11-7-10(16)15-4-2-3-5-15/h8,11H,2-7H2,1H3. The third-order valence-electron chi connectivity index (χ3n) is 2.82. The van der Waals surface area contributed by atoms with Crippen molar-refractivity contribution in [3.8, 4) is 0 Å². The van der Waals surface area contributed by atoms with Crippen molar-refractivity contribution in [2.24, 2.45) is 7.05 Å². The van der Waals surface area contributed by atoms with E-state index in [4.69, 9.17) is 0 Å².